The van der Waals surface area contributed by atoms with E-state index in [1.165, 1.54) is 25.9 Å². The van der Waals surface area contributed by atoms with Gasteiger partial charge in [-0.05, 0) is 72.9 Å². The van der Waals surface area contributed by atoms with Crippen LogP contribution < -0.4 is 10.6 Å². The van der Waals surface area contributed by atoms with E-state index in [1.54, 1.807) is 18.3 Å². The lowest BCUT2D eigenvalue weighted by atomic mass is 10.0. The second kappa shape index (κ2) is 7.94. The Morgan fingerprint density at radius 3 is 2.67 bits per heavy atom. The van der Waals surface area contributed by atoms with Gasteiger partial charge < -0.3 is 15.5 Å². The third-order valence-corrected chi connectivity index (χ3v) is 5.98. The number of nitrogen functional groups attached to an aromatic ring is 1. The van der Waals surface area contributed by atoms with Gasteiger partial charge in [0.25, 0.3) is 0 Å². The van der Waals surface area contributed by atoms with Gasteiger partial charge in [0.1, 0.15) is 17.3 Å². The van der Waals surface area contributed by atoms with Crippen molar-refractivity contribution in [2.24, 2.45) is 0 Å². The second-order valence-corrected chi connectivity index (χ2v) is 8.17. The van der Waals surface area contributed by atoms with Gasteiger partial charge in [0.05, 0.1) is 5.56 Å². The van der Waals surface area contributed by atoms with E-state index in [4.69, 9.17) is 5.73 Å². The molecule has 2 aromatic rings. The van der Waals surface area contributed by atoms with E-state index in [9.17, 15) is 4.79 Å². The molecule has 4 heterocycles. The highest BCUT2D eigenvalue weighted by atomic mass is 79.9. The normalized spacial score (nSPS) is 18.8. The molecule has 0 radical (unpaired) electrons. The van der Waals surface area contributed by atoms with Gasteiger partial charge in [-0.1, -0.05) is 6.07 Å². The van der Waals surface area contributed by atoms with Crippen molar-refractivity contribution in [3.05, 3.63) is 46.2 Å². The first-order valence-electron chi connectivity index (χ1n) is 9.53. The van der Waals surface area contributed by atoms with E-state index in [1.807, 2.05) is 12.1 Å². The summed E-state index contributed by atoms with van der Waals surface area (Å²) >= 11 is 3.34. The number of piperidine rings is 1. The van der Waals surface area contributed by atoms with E-state index >= 15 is 0 Å². The van der Waals surface area contributed by atoms with Crippen LogP contribution in [0.5, 0.6) is 0 Å². The first-order chi connectivity index (χ1) is 13.1. The van der Waals surface area contributed by atoms with Crippen LogP contribution in [0.25, 0.3) is 0 Å². The first kappa shape index (κ1) is 18.4. The molecule has 27 heavy (non-hydrogen) atoms. The Morgan fingerprint density at radius 1 is 1.19 bits per heavy atom. The van der Waals surface area contributed by atoms with Crippen molar-refractivity contribution in [3.8, 4) is 0 Å². The third-order valence-electron chi connectivity index (χ3n) is 5.54. The summed E-state index contributed by atoms with van der Waals surface area (Å²) in [6.45, 7) is 4.45. The minimum atomic E-state index is -0.199. The van der Waals surface area contributed by atoms with Crippen LogP contribution >= 0.6 is 15.9 Å². The maximum absolute atomic E-state index is 12.9. The Labute approximate surface area is 170 Å². The highest BCUT2D eigenvalue weighted by Gasteiger charge is 2.27. The molecule has 0 unspecified atom stereocenters. The fourth-order valence-electron chi connectivity index (χ4n) is 4.06. The summed E-state index contributed by atoms with van der Waals surface area (Å²) in [7, 11) is 0. The monoisotopic (exact) mass is 433 g/mol. The molecule has 2 aliphatic heterocycles. The molecule has 2 aromatic heterocycles. The number of hydrogen-bond donors (Lipinski definition) is 1. The summed E-state index contributed by atoms with van der Waals surface area (Å²) in [6, 6.07) is 8.00. The number of ketones is 1. The molecular weight excluding hydrogens is 406 g/mol. The van der Waals surface area contributed by atoms with E-state index in [0.29, 0.717) is 17.3 Å². The predicted octanol–water partition coefficient (Wildman–Crippen LogP) is 3.61. The lowest BCUT2D eigenvalue weighted by molar-refractivity contribution is 0.103. The Morgan fingerprint density at radius 2 is 1.93 bits per heavy atom. The van der Waals surface area contributed by atoms with Gasteiger partial charge in [0, 0.05) is 32.7 Å². The molecule has 0 amide bonds. The molecule has 0 saturated carbocycles. The minimum absolute atomic E-state index is 0. The van der Waals surface area contributed by atoms with Crippen molar-refractivity contribution in [1.29, 1.82) is 0 Å². The first-order valence-corrected chi connectivity index (χ1v) is 10.3. The van der Waals surface area contributed by atoms with Crippen molar-refractivity contribution in [2.45, 2.75) is 31.7 Å². The largest absolute Gasteiger partial charge is 0.383 e. The van der Waals surface area contributed by atoms with Crippen molar-refractivity contribution >= 4 is 33.3 Å². The zero-order valence-corrected chi connectivity index (χ0v) is 16.9. The van der Waals surface area contributed by atoms with Gasteiger partial charge in [-0.2, -0.15) is 0 Å². The summed E-state index contributed by atoms with van der Waals surface area (Å²) in [5.41, 5.74) is 6.67. The molecule has 7 heteroatoms. The number of carbonyl (C=O) groups is 1. The maximum atomic E-state index is 12.9. The van der Waals surface area contributed by atoms with Crippen molar-refractivity contribution in [2.75, 3.05) is 36.8 Å². The zero-order chi connectivity index (χ0) is 18.8. The van der Waals surface area contributed by atoms with Crippen LogP contribution in [0.1, 0.15) is 44.6 Å². The molecule has 0 atom stereocenters. The molecule has 0 bridgehead atoms. The number of likely N-dealkylation sites (tertiary alicyclic amines) is 1. The molecule has 6 nitrogen and oxygen atoms in total. The lowest BCUT2D eigenvalue weighted by Crippen LogP contribution is -2.44. The molecule has 4 rings (SSSR count). The number of anilines is 2. The number of carbonyl (C=O) groups excluding carboxylic acids is 1. The van der Waals surface area contributed by atoms with Gasteiger partial charge in [-0.3, -0.25) is 4.79 Å². The summed E-state index contributed by atoms with van der Waals surface area (Å²) < 4.78 is 0.722. The molecule has 0 spiro atoms. The quantitative estimate of drug-likeness (QED) is 0.742. The molecule has 146 valence electrons. The average Bonchev–Trinajstić information content (AvgIpc) is 3.24. The number of pyridine rings is 2. The standard InChI is InChI=1S/C20H24BrN5O.2H2/c21-14-12-16(20(22)23-13-14)19(27)17-4-3-5-18(24-17)26-10-6-15(7-11-26)25-8-1-2-9-25;;/h3-5,12-13,15H,1-2,6-11H2,(H2,22,23);2*1H. The van der Waals surface area contributed by atoms with E-state index < -0.39 is 0 Å². The predicted molar refractivity (Wildman–Crippen MR) is 114 cm³/mol. The Hall–Kier alpha value is -1.99. The number of aromatic nitrogens is 2. The Balaban J connectivity index is 0.00000150. The number of hydrogen-bond acceptors (Lipinski definition) is 6. The molecule has 2 fully saturated rings. The number of rotatable bonds is 4. The van der Waals surface area contributed by atoms with Crippen LogP contribution in [0.3, 0.4) is 0 Å². The molecule has 0 aliphatic carbocycles. The number of nitrogens with two attached hydrogens (primary N) is 1. The second-order valence-electron chi connectivity index (χ2n) is 7.26. The van der Waals surface area contributed by atoms with Crippen LogP contribution in [0.4, 0.5) is 11.6 Å². The highest BCUT2D eigenvalue weighted by molar-refractivity contribution is 9.10. The van der Waals surface area contributed by atoms with Gasteiger partial charge in [-0.25, -0.2) is 9.97 Å². The molecular formula is C20H28BrN5O. The lowest BCUT2D eigenvalue weighted by Gasteiger charge is -2.37. The number of nitrogens with zero attached hydrogens (tertiary/aromatic N) is 4. The van der Waals surface area contributed by atoms with Crippen LogP contribution in [0.2, 0.25) is 0 Å². The molecule has 2 N–H and O–H groups in total. The van der Waals surface area contributed by atoms with Gasteiger partial charge in [0.15, 0.2) is 0 Å². The SMILES string of the molecule is Nc1ncc(Br)cc1C(=O)c1cccc(N2CCC(N3CCCC3)CC2)n1.[HH].[HH]. The van der Waals surface area contributed by atoms with Crippen molar-refractivity contribution in [3.63, 3.8) is 0 Å². The minimum Gasteiger partial charge on any atom is -0.383 e. The molecule has 2 saturated heterocycles. The van der Waals surface area contributed by atoms with Gasteiger partial charge in [-0.15, -0.1) is 0 Å². The topological polar surface area (TPSA) is 75.3 Å². The van der Waals surface area contributed by atoms with Crippen LogP contribution in [-0.2, 0) is 0 Å². The zero-order valence-electron chi connectivity index (χ0n) is 15.3. The summed E-state index contributed by atoms with van der Waals surface area (Å²) in [6.07, 6.45) is 6.56. The third kappa shape index (κ3) is 3.99. The smallest absolute Gasteiger partial charge is 0.215 e. The maximum Gasteiger partial charge on any atom is 0.215 e. The Bertz CT molecular complexity index is 839. The van der Waals surface area contributed by atoms with Gasteiger partial charge >= 0.3 is 0 Å². The van der Waals surface area contributed by atoms with E-state index in [0.717, 1.165) is 36.2 Å². The Kier molecular flexibility index (Phi) is 5.41. The van der Waals surface area contributed by atoms with Gasteiger partial charge in [0.2, 0.25) is 5.78 Å². The van der Waals surface area contributed by atoms with E-state index in [-0.39, 0.29) is 14.5 Å². The van der Waals surface area contributed by atoms with E-state index in [2.05, 4.69) is 35.7 Å². The van der Waals surface area contributed by atoms with Crippen LogP contribution in [-0.4, -0.2) is 52.9 Å². The number of halogens is 1. The highest BCUT2D eigenvalue weighted by Crippen LogP contribution is 2.25. The van der Waals surface area contributed by atoms with Crippen LogP contribution in [0, 0.1) is 0 Å². The fraction of sp³-hybridized carbons (Fsp3) is 0.450. The summed E-state index contributed by atoms with van der Waals surface area (Å²) in [5, 5.41) is 0. The molecule has 0 aromatic carbocycles. The summed E-state index contributed by atoms with van der Waals surface area (Å²) in [4.78, 5) is 26.4. The van der Waals surface area contributed by atoms with Crippen LogP contribution in [0.15, 0.2) is 34.9 Å². The molecule has 2 aliphatic rings. The fourth-order valence-corrected chi connectivity index (χ4v) is 4.39. The summed E-state index contributed by atoms with van der Waals surface area (Å²) in [5.74, 6) is 0.888. The average molecular weight is 434 g/mol. The van der Waals surface area contributed by atoms with Crippen molar-refractivity contribution < 1.29 is 7.65 Å². The van der Waals surface area contributed by atoms with Crippen molar-refractivity contribution in [1.82, 2.24) is 14.9 Å².